The fraction of sp³-hybridized carbons (Fsp3) is 0.545. The van der Waals surface area contributed by atoms with E-state index < -0.39 is 5.92 Å². The van der Waals surface area contributed by atoms with Crippen LogP contribution >= 0.6 is 0 Å². The van der Waals surface area contributed by atoms with Gasteiger partial charge in [0.1, 0.15) is 17.7 Å². The summed E-state index contributed by atoms with van der Waals surface area (Å²) in [5.74, 6) is -2.21. The Morgan fingerprint density at radius 2 is 2.11 bits per heavy atom. The molecule has 0 unspecified atom stereocenters. The lowest BCUT2D eigenvalue weighted by molar-refractivity contribution is -0.0388. The van der Waals surface area contributed by atoms with Crippen molar-refractivity contribution in [3.05, 3.63) is 28.7 Å². The van der Waals surface area contributed by atoms with Gasteiger partial charge in [-0.25, -0.2) is 18.3 Å². The summed E-state index contributed by atoms with van der Waals surface area (Å²) < 4.78 is 27.5. The van der Waals surface area contributed by atoms with E-state index in [2.05, 4.69) is 15.1 Å². The van der Waals surface area contributed by atoms with Crippen LogP contribution < -0.4 is 5.56 Å². The maximum atomic E-state index is 13.1. The molecule has 0 aromatic carbocycles. The first-order valence-corrected chi connectivity index (χ1v) is 5.85. The van der Waals surface area contributed by atoms with E-state index in [1.165, 1.54) is 17.0 Å². The van der Waals surface area contributed by atoms with Crippen molar-refractivity contribution in [1.82, 2.24) is 19.6 Å². The lowest BCUT2D eigenvalue weighted by atomic mass is 9.86. The van der Waals surface area contributed by atoms with Crippen LogP contribution in [-0.2, 0) is 0 Å². The van der Waals surface area contributed by atoms with Gasteiger partial charge in [0.15, 0.2) is 0 Å². The van der Waals surface area contributed by atoms with Crippen molar-refractivity contribution in [3.8, 4) is 0 Å². The Morgan fingerprint density at radius 1 is 1.39 bits per heavy atom. The van der Waals surface area contributed by atoms with Crippen LogP contribution in [0.1, 0.15) is 37.4 Å². The largest absolute Gasteiger partial charge is 0.307 e. The zero-order valence-corrected chi connectivity index (χ0v) is 9.57. The molecule has 0 aliphatic heterocycles. The van der Waals surface area contributed by atoms with Crippen LogP contribution in [-0.4, -0.2) is 25.5 Å². The molecule has 2 heterocycles. The van der Waals surface area contributed by atoms with Crippen LogP contribution in [0.3, 0.4) is 0 Å². The SMILES string of the molecule is O=c1[nH]c(C2CCC(F)(F)CC2)nn2cncc12. The Bertz CT molecular complexity index is 623. The smallest absolute Gasteiger partial charge is 0.276 e. The zero-order valence-electron chi connectivity index (χ0n) is 9.57. The van der Waals surface area contributed by atoms with Crippen LogP contribution in [0.5, 0.6) is 0 Å². The van der Waals surface area contributed by atoms with E-state index in [-0.39, 0.29) is 24.3 Å². The highest BCUT2D eigenvalue weighted by molar-refractivity contribution is 5.40. The molecular formula is C11H12F2N4O. The third-order valence-corrected chi connectivity index (χ3v) is 3.41. The number of nitrogens with zero attached hydrogens (tertiary/aromatic N) is 3. The molecule has 3 rings (SSSR count). The fourth-order valence-corrected chi connectivity index (χ4v) is 2.35. The Labute approximate surface area is 101 Å². The third kappa shape index (κ3) is 1.89. The van der Waals surface area contributed by atoms with Crippen molar-refractivity contribution in [3.63, 3.8) is 0 Å². The van der Waals surface area contributed by atoms with E-state index in [4.69, 9.17) is 0 Å². The summed E-state index contributed by atoms with van der Waals surface area (Å²) in [6.45, 7) is 0. The molecule has 0 radical (unpaired) electrons. The molecular weight excluding hydrogens is 242 g/mol. The zero-order chi connectivity index (χ0) is 12.8. The third-order valence-electron chi connectivity index (χ3n) is 3.41. The van der Waals surface area contributed by atoms with Crippen LogP contribution in [0.25, 0.3) is 5.52 Å². The molecule has 0 saturated heterocycles. The molecule has 18 heavy (non-hydrogen) atoms. The Balaban J connectivity index is 1.93. The van der Waals surface area contributed by atoms with Gasteiger partial charge in [-0.2, -0.15) is 5.10 Å². The quantitative estimate of drug-likeness (QED) is 0.842. The number of nitrogens with one attached hydrogen (secondary N) is 1. The molecule has 5 nitrogen and oxygen atoms in total. The van der Waals surface area contributed by atoms with E-state index in [0.717, 1.165) is 0 Å². The Kier molecular flexibility index (Phi) is 2.42. The van der Waals surface area contributed by atoms with E-state index >= 15 is 0 Å². The van der Waals surface area contributed by atoms with Crippen molar-refractivity contribution in [2.24, 2.45) is 0 Å². The predicted octanol–water partition coefficient (Wildman–Crippen LogP) is 1.71. The first kappa shape index (κ1) is 11.3. The van der Waals surface area contributed by atoms with E-state index in [0.29, 0.717) is 24.2 Å². The molecule has 1 aliphatic carbocycles. The average Bonchev–Trinajstić information content (AvgIpc) is 2.77. The Morgan fingerprint density at radius 3 is 2.83 bits per heavy atom. The lowest BCUT2D eigenvalue weighted by Gasteiger charge is -2.27. The van der Waals surface area contributed by atoms with Crippen molar-refractivity contribution in [2.45, 2.75) is 37.5 Å². The number of aromatic nitrogens is 4. The molecule has 0 spiro atoms. The van der Waals surface area contributed by atoms with Gasteiger partial charge in [-0.15, -0.1) is 0 Å². The minimum Gasteiger partial charge on any atom is -0.307 e. The predicted molar refractivity (Wildman–Crippen MR) is 59.8 cm³/mol. The van der Waals surface area contributed by atoms with Gasteiger partial charge in [0, 0.05) is 18.8 Å². The molecule has 1 fully saturated rings. The van der Waals surface area contributed by atoms with E-state index in [1.54, 1.807) is 0 Å². The number of hydrogen-bond acceptors (Lipinski definition) is 3. The van der Waals surface area contributed by atoms with Gasteiger partial charge in [-0.1, -0.05) is 0 Å². The molecule has 1 aliphatic rings. The van der Waals surface area contributed by atoms with Crippen molar-refractivity contribution >= 4 is 5.52 Å². The van der Waals surface area contributed by atoms with Crippen molar-refractivity contribution in [1.29, 1.82) is 0 Å². The fourth-order valence-electron chi connectivity index (χ4n) is 2.35. The number of H-pyrrole nitrogens is 1. The molecule has 2 aromatic heterocycles. The molecule has 0 atom stereocenters. The van der Waals surface area contributed by atoms with Gasteiger partial charge in [-0.3, -0.25) is 4.79 Å². The summed E-state index contributed by atoms with van der Waals surface area (Å²) in [4.78, 5) is 18.2. The second kappa shape index (κ2) is 3.86. The van der Waals surface area contributed by atoms with E-state index in [9.17, 15) is 13.6 Å². The van der Waals surface area contributed by atoms with Gasteiger partial charge in [-0.05, 0) is 12.8 Å². The molecule has 1 saturated carbocycles. The summed E-state index contributed by atoms with van der Waals surface area (Å²) in [6.07, 6.45) is 3.25. The van der Waals surface area contributed by atoms with Gasteiger partial charge in [0.25, 0.3) is 5.56 Å². The van der Waals surface area contributed by atoms with Crippen LogP contribution in [0, 0.1) is 0 Å². The van der Waals surface area contributed by atoms with Crippen molar-refractivity contribution in [2.75, 3.05) is 0 Å². The molecule has 7 heteroatoms. The summed E-state index contributed by atoms with van der Waals surface area (Å²) in [5.41, 5.74) is 0.0784. The highest BCUT2D eigenvalue weighted by atomic mass is 19.3. The molecule has 0 bridgehead atoms. The van der Waals surface area contributed by atoms with Crippen molar-refractivity contribution < 1.29 is 8.78 Å². The number of imidazole rings is 1. The molecule has 2 aromatic rings. The highest BCUT2D eigenvalue weighted by Crippen LogP contribution is 2.39. The Hall–Kier alpha value is -1.79. The summed E-state index contributed by atoms with van der Waals surface area (Å²) in [7, 11) is 0. The number of rotatable bonds is 1. The molecule has 1 N–H and O–H groups in total. The van der Waals surface area contributed by atoms with Crippen LogP contribution in [0.15, 0.2) is 17.3 Å². The number of halogens is 2. The number of fused-ring (bicyclic) bond motifs is 1. The number of aromatic amines is 1. The first-order valence-electron chi connectivity index (χ1n) is 5.85. The van der Waals surface area contributed by atoms with Gasteiger partial charge < -0.3 is 4.98 Å². The van der Waals surface area contributed by atoms with Crippen LogP contribution in [0.2, 0.25) is 0 Å². The minimum absolute atomic E-state index is 0.107. The molecule has 96 valence electrons. The first-order chi connectivity index (χ1) is 8.55. The second-order valence-electron chi connectivity index (χ2n) is 4.69. The minimum atomic E-state index is -2.57. The maximum Gasteiger partial charge on any atom is 0.276 e. The topological polar surface area (TPSA) is 63.0 Å². The van der Waals surface area contributed by atoms with Gasteiger partial charge in [0.2, 0.25) is 5.92 Å². The molecule has 0 amide bonds. The van der Waals surface area contributed by atoms with Crippen LogP contribution in [0.4, 0.5) is 8.78 Å². The van der Waals surface area contributed by atoms with E-state index in [1.807, 2.05) is 0 Å². The number of alkyl halides is 2. The number of hydrogen-bond donors (Lipinski definition) is 1. The van der Waals surface area contributed by atoms with Gasteiger partial charge >= 0.3 is 0 Å². The van der Waals surface area contributed by atoms with Gasteiger partial charge in [0.05, 0.1) is 6.20 Å². The summed E-state index contributed by atoms with van der Waals surface area (Å²) in [5, 5.41) is 4.22. The normalized spacial score (nSPS) is 20.3. The maximum absolute atomic E-state index is 13.1. The monoisotopic (exact) mass is 254 g/mol. The summed E-state index contributed by atoms with van der Waals surface area (Å²) >= 11 is 0. The highest BCUT2D eigenvalue weighted by Gasteiger charge is 2.36. The average molecular weight is 254 g/mol. The standard InChI is InChI=1S/C11H12F2N4O/c12-11(13)3-1-7(2-4-11)9-15-10(18)8-5-14-6-17(8)16-9/h5-7H,1-4H2,(H,15,16,18). The second-order valence-corrected chi connectivity index (χ2v) is 4.69. The summed E-state index contributed by atoms with van der Waals surface area (Å²) in [6, 6.07) is 0. The lowest BCUT2D eigenvalue weighted by Crippen LogP contribution is -2.26.